The Balaban J connectivity index is 1.17. The number of fused-ring (bicyclic) bond motifs is 5. The second kappa shape index (κ2) is 10.8. The number of para-hydroxylation sites is 1. The van der Waals surface area contributed by atoms with Crippen molar-refractivity contribution in [3.63, 3.8) is 0 Å². The van der Waals surface area contributed by atoms with Gasteiger partial charge in [0.25, 0.3) is 0 Å². The Morgan fingerprint density at radius 1 is 0.490 bits per heavy atom. The summed E-state index contributed by atoms with van der Waals surface area (Å²) in [6.45, 7) is 18.6. The van der Waals surface area contributed by atoms with Gasteiger partial charge in [0.1, 0.15) is 0 Å². The molecule has 0 unspecified atom stereocenters. The van der Waals surface area contributed by atoms with E-state index in [2.05, 4.69) is 199 Å². The molecule has 3 aliphatic rings. The molecule has 2 nitrogen and oxygen atoms in total. The van der Waals surface area contributed by atoms with Crippen LogP contribution in [0.1, 0.15) is 80.5 Å². The molecule has 51 heavy (non-hydrogen) atoms. The van der Waals surface area contributed by atoms with Crippen LogP contribution in [0.4, 0.5) is 28.4 Å². The largest absolute Gasteiger partial charge is 0.317 e. The molecule has 1 aliphatic carbocycles. The van der Waals surface area contributed by atoms with Crippen molar-refractivity contribution >= 4 is 28.4 Å². The first-order valence-corrected chi connectivity index (χ1v) is 18.4. The third-order valence-electron chi connectivity index (χ3n) is 12.0. The molecule has 6 aromatic carbocycles. The second-order valence-electron chi connectivity index (χ2n) is 16.6. The van der Waals surface area contributed by atoms with Gasteiger partial charge in [-0.3, -0.25) is 0 Å². The minimum absolute atomic E-state index is 0.0959. The monoisotopic (exact) mass is 662 g/mol. The van der Waals surface area contributed by atoms with E-state index in [4.69, 9.17) is 0 Å². The molecule has 0 radical (unpaired) electrons. The maximum Gasteiger partial charge on any atom is 0.0543 e. The van der Waals surface area contributed by atoms with Crippen molar-refractivity contribution in [1.82, 2.24) is 0 Å². The summed E-state index contributed by atoms with van der Waals surface area (Å²) >= 11 is 0. The van der Waals surface area contributed by atoms with Gasteiger partial charge < -0.3 is 9.80 Å². The molecule has 0 atom stereocenters. The SMILES string of the molecule is Cc1ccc(N(c2ccc(C)cc2)c2ccc3c(c2)C(C)(C)c2cc(-c4ccc5c6c4C(C)(C)C=CN6c4ccccc4C5(C)C)ccc2-3)cc1. The fourth-order valence-electron chi connectivity index (χ4n) is 9.08. The molecule has 9 rings (SSSR count). The van der Waals surface area contributed by atoms with E-state index in [0.29, 0.717) is 0 Å². The molecular weight excluding hydrogens is 617 g/mol. The van der Waals surface area contributed by atoms with E-state index < -0.39 is 0 Å². The van der Waals surface area contributed by atoms with Crippen LogP contribution in [-0.4, -0.2) is 0 Å². The highest BCUT2D eigenvalue weighted by atomic mass is 15.2. The molecule has 2 heterocycles. The Kier molecular flexibility index (Phi) is 6.72. The van der Waals surface area contributed by atoms with Gasteiger partial charge in [-0.2, -0.15) is 0 Å². The number of aryl methyl sites for hydroxylation is 2. The molecule has 0 saturated heterocycles. The van der Waals surface area contributed by atoms with Crippen LogP contribution in [0.3, 0.4) is 0 Å². The van der Waals surface area contributed by atoms with Crippen LogP contribution in [0.5, 0.6) is 0 Å². The predicted molar refractivity (Wildman–Crippen MR) is 216 cm³/mol. The van der Waals surface area contributed by atoms with Gasteiger partial charge in [0.05, 0.1) is 5.69 Å². The molecule has 0 spiro atoms. The molecule has 0 aromatic heterocycles. The Hall–Kier alpha value is -5.34. The van der Waals surface area contributed by atoms with Gasteiger partial charge in [0, 0.05) is 45.2 Å². The number of benzene rings is 6. The summed E-state index contributed by atoms with van der Waals surface area (Å²) in [7, 11) is 0. The number of rotatable bonds is 4. The highest BCUT2D eigenvalue weighted by molar-refractivity contribution is 5.92. The van der Waals surface area contributed by atoms with E-state index in [1.54, 1.807) is 0 Å². The van der Waals surface area contributed by atoms with Gasteiger partial charge in [0.15, 0.2) is 0 Å². The highest BCUT2D eigenvalue weighted by Crippen LogP contribution is 2.57. The molecule has 0 amide bonds. The maximum atomic E-state index is 2.49. The number of hydrogen-bond donors (Lipinski definition) is 0. The third kappa shape index (κ3) is 4.62. The van der Waals surface area contributed by atoms with Gasteiger partial charge in [-0.05, 0) is 112 Å². The Morgan fingerprint density at radius 3 is 1.71 bits per heavy atom. The van der Waals surface area contributed by atoms with Crippen molar-refractivity contribution in [2.24, 2.45) is 0 Å². The first-order valence-electron chi connectivity index (χ1n) is 18.4. The minimum atomic E-state index is -0.170. The van der Waals surface area contributed by atoms with Gasteiger partial charge in [-0.15, -0.1) is 0 Å². The lowest BCUT2D eigenvalue weighted by molar-refractivity contribution is 0.609. The lowest BCUT2D eigenvalue weighted by Crippen LogP contribution is -2.36. The van der Waals surface area contributed by atoms with Gasteiger partial charge >= 0.3 is 0 Å². The van der Waals surface area contributed by atoms with Gasteiger partial charge in [0.2, 0.25) is 0 Å². The van der Waals surface area contributed by atoms with E-state index in [1.807, 2.05) is 0 Å². The molecule has 0 fully saturated rings. The lowest BCUT2D eigenvalue weighted by atomic mass is 9.67. The lowest BCUT2D eigenvalue weighted by Gasteiger charge is -2.46. The fourth-order valence-corrected chi connectivity index (χ4v) is 9.08. The maximum absolute atomic E-state index is 2.49. The van der Waals surface area contributed by atoms with Crippen LogP contribution in [0.15, 0.2) is 134 Å². The zero-order valence-electron chi connectivity index (χ0n) is 31.1. The summed E-state index contributed by atoms with van der Waals surface area (Å²) in [5.41, 5.74) is 20.5. The second-order valence-corrected chi connectivity index (χ2v) is 16.6. The van der Waals surface area contributed by atoms with Crippen LogP contribution >= 0.6 is 0 Å². The first-order chi connectivity index (χ1) is 24.4. The van der Waals surface area contributed by atoms with E-state index >= 15 is 0 Å². The summed E-state index contributed by atoms with van der Waals surface area (Å²) in [5, 5.41) is 0. The summed E-state index contributed by atoms with van der Waals surface area (Å²) in [4.78, 5) is 4.84. The van der Waals surface area contributed by atoms with E-state index in [0.717, 1.165) is 11.4 Å². The molecule has 0 saturated carbocycles. The third-order valence-corrected chi connectivity index (χ3v) is 12.0. The quantitative estimate of drug-likeness (QED) is 0.185. The number of anilines is 5. The standard InChI is InChI=1S/C49H46N2/c1-31-13-18-34(19-14-31)51(35-20-15-32(2)16-21-35)36-22-24-39-38-23-17-33(29-42(38)49(7,8)43(39)30-36)37-25-26-41-46-45(37)47(3,4)27-28-50(46)44-12-10-9-11-40(44)48(41,5)6/h9-30H,1-8H3. The Bertz CT molecular complexity index is 2360. The molecule has 6 aromatic rings. The van der Waals surface area contributed by atoms with E-state index in [9.17, 15) is 0 Å². The van der Waals surface area contributed by atoms with Crippen molar-refractivity contribution in [3.05, 3.63) is 173 Å². The molecular formula is C49H46N2. The van der Waals surface area contributed by atoms with Crippen LogP contribution in [0.25, 0.3) is 22.3 Å². The van der Waals surface area contributed by atoms with Gasteiger partial charge in [-0.25, -0.2) is 0 Å². The predicted octanol–water partition coefficient (Wildman–Crippen LogP) is 13.3. The van der Waals surface area contributed by atoms with Gasteiger partial charge in [-0.1, -0.05) is 132 Å². The zero-order valence-corrected chi connectivity index (χ0v) is 31.1. The normalized spacial score (nSPS) is 16.6. The number of hydrogen-bond acceptors (Lipinski definition) is 2. The smallest absolute Gasteiger partial charge is 0.0543 e. The van der Waals surface area contributed by atoms with Crippen LogP contribution in [-0.2, 0) is 16.2 Å². The molecule has 0 bridgehead atoms. The van der Waals surface area contributed by atoms with Crippen LogP contribution in [0.2, 0.25) is 0 Å². The summed E-state index contributed by atoms with van der Waals surface area (Å²) < 4.78 is 0. The summed E-state index contributed by atoms with van der Waals surface area (Å²) in [6, 6.07) is 45.8. The van der Waals surface area contributed by atoms with E-state index in [-0.39, 0.29) is 16.2 Å². The fraction of sp³-hybridized carbons (Fsp3) is 0.224. The van der Waals surface area contributed by atoms with Crippen molar-refractivity contribution in [2.45, 2.75) is 71.6 Å². The summed E-state index contributed by atoms with van der Waals surface area (Å²) in [6.07, 6.45) is 4.69. The average Bonchev–Trinajstić information content (AvgIpc) is 3.34. The number of allylic oxidation sites excluding steroid dienone is 1. The van der Waals surface area contributed by atoms with Crippen molar-refractivity contribution in [1.29, 1.82) is 0 Å². The van der Waals surface area contributed by atoms with Crippen molar-refractivity contribution in [2.75, 3.05) is 9.80 Å². The number of nitrogens with zero attached hydrogens (tertiary/aromatic N) is 2. The topological polar surface area (TPSA) is 6.48 Å². The first kappa shape index (κ1) is 31.6. The van der Waals surface area contributed by atoms with Crippen LogP contribution < -0.4 is 9.80 Å². The van der Waals surface area contributed by atoms with E-state index in [1.165, 1.54) is 78.3 Å². The van der Waals surface area contributed by atoms with Crippen molar-refractivity contribution in [3.8, 4) is 22.3 Å². The Labute approximate surface area is 303 Å². The minimum Gasteiger partial charge on any atom is -0.317 e. The van der Waals surface area contributed by atoms with Crippen LogP contribution in [0, 0.1) is 13.8 Å². The highest BCUT2D eigenvalue weighted by Gasteiger charge is 2.43. The van der Waals surface area contributed by atoms with Crippen molar-refractivity contribution < 1.29 is 0 Å². The zero-order chi connectivity index (χ0) is 35.4. The Morgan fingerprint density at radius 2 is 1.04 bits per heavy atom. The molecule has 2 heteroatoms. The molecule has 2 aliphatic heterocycles. The summed E-state index contributed by atoms with van der Waals surface area (Å²) in [5.74, 6) is 0. The molecule has 252 valence electrons. The molecule has 0 N–H and O–H groups in total. The average molecular weight is 663 g/mol.